The van der Waals surface area contributed by atoms with Crippen molar-refractivity contribution in [3.8, 4) is 5.88 Å². The van der Waals surface area contributed by atoms with Gasteiger partial charge in [-0.1, -0.05) is 13.0 Å². The van der Waals surface area contributed by atoms with Gasteiger partial charge in [-0.15, -0.1) is 10.2 Å². The first kappa shape index (κ1) is 15.7. The highest BCUT2D eigenvalue weighted by atomic mass is 16.5. The number of carbonyl (C=O) groups is 1. The van der Waals surface area contributed by atoms with Crippen molar-refractivity contribution in [1.29, 1.82) is 0 Å². The fourth-order valence-corrected chi connectivity index (χ4v) is 1.75. The van der Waals surface area contributed by atoms with E-state index in [0.29, 0.717) is 24.8 Å². The van der Waals surface area contributed by atoms with E-state index in [0.717, 1.165) is 12.0 Å². The van der Waals surface area contributed by atoms with Crippen LogP contribution in [0.1, 0.15) is 29.4 Å². The van der Waals surface area contributed by atoms with Crippen LogP contribution in [0.4, 0.5) is 5.82 Å². The molecule has 7 nitrogen and oxygen atoms in total. The summed E-state index contributed by atoms with van der Waals surface area (Å²) in [5.41, 5.74) is 1.22. The maximum atomic E-state index is 11.4. The minimum atomic E-state index is -0.262. The van der Waals surface area contributed by atoms with E-state index in [4.69, 9.17) is 4.74 Å². The molecule has 0 spiro atoms. The van der Waals surface area contributed by atoms with Gasteiger partial charge in [-0.25, -0.2) is 4.98 Å². The van der Waals surface area contributed by atoms with Gasteiger partial charge in [0.25, 0.3) is 5.91 Å². The Balaban J connectivity index is 1.99. The fraction of sp³-hybridized carbons (Fsp3) is 0.333. The predicted octanol–water partition coefficient (Wildman–Crippen LogP) is 1.63. The third kappa shape index (κ3) is 4.15. The van der Waals surface area contributed by atoms with Crippen molar-refractivity contribution in [1.82, 2.24) is 20.5 Å². The molecule has 22 heavy (non-hydrogen) atoms. The summed E-state index contributed by atoms with van der Waals surface area (Å²) in [7, 11) is 1.55. The zero-order chi connectivity index (χ0) is 15.8. The van der Waals surface area contributed by atoms with Crippen LogP contribution in [-0.4, -0.2) is 34.7 Å². The van der Waals surface area contributed by atoms with Crippen LogP contribution in [0.2, 0.25) is 0 Å². The molecular formula is C15H19N5O2. The zero-order valence-corrected chi connectivity index (χ0v) is 12.7. The summed E-state index contributed by atoms with van der Waals surface area (Å²) in [6.45, 7) is 3.19. The average molecular weight is 301 g/mol. The summed E-state index contributed by atoms with van der Waals surface area (Å²) >= 11 is 0. The number of amides is 1. The number of nitrogens with one attached hydrogen (secondary N) is 2. The molecule has 7 heteroatoms. The lowest BCUT2D eigenvalue weighted by Gasteiger charge is -2.10. The topological polar surface area (TPSA) is 89.0 Å². The Morgan fingerprint density at radius 1 is 1.27 bits per heavy atom. The van der Waals surface area contributed by atoms with Gasteiger partial charge in [0.1, 0.15) is 5.82 Å². The predicted molar refractivity (Wildman–Crippen MR) is 82.8 cm³/mol. The van der Waals surface area contributed by atoms with Gasteiger partial charge in [-0.2, -0.15) is 0 Å². The van der Waals surface area contributed by atoms with E-state index in [2.05, 4.69) is 25.8 Å². The van der Waals surface area contributed by atoms with Crippen LogP contribution in [0, 0.1) is 0 Å². The van der Waals surface area contributed by atoms with E-state index < -0.39 is 0 Å². The Bertz CT molecular complexity index is 616. The first-order valence-corrected chi connectivity index (χ1v) is 7.11. The summed E-state index contributed by atoms with van der Waals surface area (Å²) in [6, 6.07) is 7.12. The molecule has 0 unspecified atom stereocenters. The molecule has 0 radical (unpaired) electrons. The van der Waals surface area contributed by atoms with Crippen molar-refractivity contribution in [3.63, 3.8) is 0 Å². The largest absolute Gasteiger partial charge is 0.477 e. The molecular weight excluding hydrogens is 282 g/mol. The number of carbonyl (C=O) groups excluding carboxylic acids is 1. The van der Waals surface area contributed by atoms with Crippen LogP contribution in [0.3, 0.4) is 0 Å². The summed E-state index contributed by atoms with van der Waals surface area (Å²) in [5, 5.41) is 13.5. The smallest absolute Gasteiger partial charge is 0.271 e. The van der Waals surface area contributed by atoms with Gasteiger partial charge in [0, 0.05) is 25.4 Å². The van der Waals surface area contributed by atoms with Crippen LogP contribution in [-0.2, 0) is 6.54 Å². The summed E-state index contributed by atoms with van der Waals surface area (Å²) in [4.78, 5) is 15.6. The Morgan fingerprint density at radius 2 is 2.14 bits per heavy atom. The van der Waals surface area contributed by atoms with E-state index >= 15 is 0 Å². The Morgan fingerprint density at radius 3 is 2.82 bits per heavy atom. The van der Waals surface area contributed by atoms with Gasteiger partial charge in [0.05, 0.1) is 6.61 Å². The number of hydrogen-bond acceptors (Lipinski definition) is 6. The second kappa shape index (κ2) is 7.92. The summed E-state index contributed by atoms with van der Waals surface area (Å²) in [5.74, 6) is 0.936. The SMILES string of the molecule is CCCOc1ncccc1CNc1ccc(C(=O)NC)nn1. The third-order valence-electron chi connectivity index (χ3n) is 2.88. The lowest BCUT2D eigenvalue weighted by atomic mass is 10.2. The first-order chi connectivity index (χ1) is 10.7. The molecule has 0 aliphatic heterocycles. The lowest BCUT2D eigenvalue weighted by molar-refractivity contribution is 0.0957. The highest BCUT2D eigenvalue weighted by Crippen LogP contribution is 2.16. The van der Waals surface area contributed by atoms with Gasteiger partial charge in [-0.3, -0.25) is 4.79 Å². The molecule has 0 aromatic carbocycles. The van der Waals surface area contributed by atoms with E-state index in [1.807, 2.05) is 19.1 Å². The van der Waals surface area contributed by atoms with Crippen molar-refractivity contribution < 1.29 is 9.53 Å². The van der Waals surface area contributed by atoms with Gasteiger partial charge in [-0.05, 0) is 24.6 Å². The average Bonchev–Trinajstić information content (AvgIpc) is 2.58. The maximum Gasteiger partial charge on any atom is 0.271 e. The number of pyridine rings is 1. The second-order valence-electron chi connectivity index (χ2n) is 4.55. The lowest BCUT2D eigenvalue weighted by Crippen LogP contribution is -2.19. The maximum absolute atomic E-state index is 11.4. The quantitative estimate of drug-likeness (QED) is 0.808. The van der Waals surface area contributed by atoms with Crippen LogP contribution in [0.15, 0.2) is 30.5 Å². The molecule has 0 bridgehead atoms. The highest BCUT2D eigenvalue weighted by molar-refractivity contribution is 5.91. The number of hydrogen-bond donors (Lipinski definition) is 2. The van der Waals surface area contributed by atoms with Crippen LogP contribution >= 0.6 is 0 Å². The standard InChI is InChI=1S/C15H19N5O2/c1-3-9-22-15-11(5-4-8-17-15)10-18-13-7-6-12(19-20-13)14(21)16-2/h4-8H,3,9-10H2,1-2H3,(H,16,21)(H,18,20). The normalized spacial score (nSPS) is 10.1. The molecule has 0 fully saturated rings. The van der Waals surface area contributed by atoms with Crippen molar-refractivity contribution >= 4 is 11.7 Å². The molecule has 0 aliphatic carbocycles. The van der Waals surface area contributed by atoms with Crippen LogP contribution < -0.4 is 15.4 Å². The van der Waals surface area contributed by atoms with Crippen molar-refractivity contribution in [2.45, 2.75) is 19.9 Å². The fourth-order valence-electron chi connectivity index (χ4n) is 1.75. The number of rotatable bonds is 7. The van der Waals surface area contributed by atoms with Crippen LogP contribution in [0.5, 0.6) is 5.88 Å². The molecule has 1 amide bonds. The number of nitrogens with zero attached hydrogens (tertiary/aromatic N) is 3. The molecule has 116 valence electrons. The molecule has 0 saturated heterocycles. The number of aromatic nitrogens is 3. The molecule has 2 N–H and O–H groups in total. The third-order valence-corrected chi connectivity index (χ3v) is 2.88. The molecule has 2 aromatic rings. The highest BCUT2D eigenvalue weighted by Gasteiger charge is 2.07. The second-order valence-corrected chi connectivity index (χ2v) is 4.55. The summed E-state index contributed by atoms with van der Waals surface area (Å²) in [6.07, 6.45) is 2.63. The van der Waals surface area contributed by atoms with Crippen molar-refractivity contribution in [3.05, 3.63) is 41.7 Å². The Kier molecular flexibility index (Phi) is 5.65. The molecule has 0 aliphatic rings. The van der Waals surface area contributed by atoms with E-state index in [1.165, 1.54) is 0 Å². The van der Waals surface area contributed by atoms with Gasteiger partial charge >= 0.3 is 0 Å². The Labute approximate surface area is 129 Å². The molecule has 0 atom stereocenters. The van der Waals surface area contributed by atoms with Crippen LogP contribution in [0.25, 0.3) is 0 Å². The molecule has 0 saturated carbocycles. The van der Waals surface area contributed by atoms with Crippen molar-refractivity contribution in [2.75, 3.05) is 19.0 Å². The number of ether oxygens (including phenoxy) is 1. The molecule has 2 heterocycles. The van der Waals surface area contributed by atoms with Gasteiger partial charge in [0.15, 0.2) is 5.69 Å². The van der Waals surface area contributed by atoms with Crippen molar-refractivity contribution in [2.24, 2.45) is 0 Å². The number of anilines is 1. The Hall–Kier alpha value is -2.70. The summed E-state index contributed by atoms with van der Waals surface area (Å²) < 4.78 is 5.60. The monoisotopic (exact) mass is 301 g/mol. The van der Waals surface area contributed by atoms with Gasteiger partial charge in [0.2, 0.25) is 5.88 Å². The van der Waals surface area contributed by atoms with E-state index in [-0.39, 0.29) is 11.6 Å². The van der Waals surface area contributed by atoms with E-state index in [9.17, 15) is 4.79 Å². The minimum Gasteiger partial charge on any atom is -0.477 e. The minimum absolute atomic E-state index is 0.262. The first-order valence-electron chi connectivity index (χ1n) is 7.11. The molecule has 2 aromatic heterocycles. The molecule has 2 rings (SSSR count). The van der Waals surface area contributed by atoms with Gasteiger partial charge < -0.3 is 15.4 Å². The zero-order valence-electron chi connectivity index (χ0n) is 12.7. The van der Waals surface area contributed by atoms with E-state index in [1.54, 1.807) is 25.4 Å².